The number of rotatable bonds is 5. The Morgan fingerprint density at radius 3 is 2.67 bits per heavy atom. The van der Waals surface area contributed by atoms with E-state index in [1.807, 2.05) is 0 Å². The highest BCUT2D eigenvalue weighted by molar-refractivity contribution is 6.31. The van der Waals surface area contributed by atoms with Gasteiger partial charge in [0.25, 0.3) is 5.91 Å². The number of halogens is 1. The number of aromatic nitrogens is 1. The largest absolute Gasteiger partial charge is 0.464 e. The summed E-state index contributed by atoms with van der Waals surface area (Å²) in [5.41, 5.74) is 6.54. The first-order chi connectivity index (χ1) is 12.9. The van der Waals surface area contributed by atoms with Gasteiger partial charge in [0.05, 0.1) is 25.9 Å². The number of likely N-dealkylation sites (tertiary alicyclic amines) is 1. The number of nitrogens with one attached hydrogen (secondary N) is 3. The van der Waals surface area contributed by atoms with Crippen molar-refractivity contribution in [2.24, 2.45) is 11.7 Å². The Bertz CT molecular complexity index is 887. The minimum absolute atomic E-state index is 0.113. The maximum atomic E-state index is 12.6. The maximum Gasteiger partial charge on any atom is 0.356 e. The second kappa shape index (κ2) is 7.98. The number of benzene rings is 1. The number of methoxy groups -OCH3 is 1. The van der Waals surface area contributed by atoms with E-state index in [0.717, 1.165) is 4.90 Å². The highest BCUT2D eigenvalue weighted by Gasteiger charge is 2.28. The summed E-state index contributed by atoms with van der Waals surface area (Å²) < 4.78 is 4.80. The molecule has 0 radical (unpaired) electrons. The van der Waals surface area contributed by atoms with E-state index in [2.05, 4.69) is 10.3 Å². The number of quaternary nitrogens is 1. The molecule has 2 aromatic rings. The fraction of sp³-hybridized carbons (Fsp3) is 0.389. The number of hydrogen-bond acceptors (Lipinski definition) is 4. The number of fused-ring (bicyclic) bond motifs is 1. The summed E-state index contributed by atoms with van der Waals surface area (Å²) in [6, 6.07) is 5.11. The topological polar surface area (TPSA) is 119 Å². The van der Waals surface area contributed by atoms with Crippen LogP contribution in [0.1, 0.15) is 23.3 Å². The van der Waals surface area contributed by atoms with E-state index in [-0.39, 0.29) is 30.0 Å². The summed E-state index contributed by atoms with van der Waals surface area (Å²) in [5, 5.41) is 3.95. The molecule has 0 atom stereocenters. The van der Waals surface area contributed by atoms with Gasteiger partial charge in [0, 0.05) is 34.7 Å². The molecule has 1 fully saturated rings. The molecule has 1 saturated heterocycles. The molecule has 1 aliphatic heterocycles. The van der Waals surface area contributed by atoms with Gasteiger partial charge in [0.2, 0.25) is 5.91 Å². The number of primary amides is 1. The van der Waals surface area contributed by atoms with Gasteiger partial charge in [-0.15, -0.1) is 0 Å². The molecule has 1 aliphatic rings. The van der Waals surface area contributed by atoms with Crippen LogP contribution in [0.25, 0.3) is 10.9 Å². The van der Waals surface area contributed by atoms with Crippen LogP contribution in [0.4, 0.5) is 5.69 Å². The quantitative estimate of drug-likeness (QED) is 0.547. The summed E-state index contributed by atoms with van der Waals surface area (Å²) in [6.45, 7) is 1.63. The lowest BCUT2D eigenvalue weighted by atomic mass is 9.96. The fourth-order valence-electron chi connectivity index (χ4n) is 3.45. The molecule has 1 aromatic heterocycles. The van der Waals surface area contributed by atoms with Crippen molar-refractivity contribution in [2.45, 2.75) is 12.8 Å². The Morgan fingerprint density at radius 1 is 1.33 bits per heavy atom. The van der Waals surface area contributed by atoms with Crippen LogP contribution in [0.3, 0.4) is 0 Å². The SMILES string of the molecule is COC(=O)c1[nH]c2ccc(Cl)cc2c1NC(=O)C[NH+]1CCC(C(N)=O)CC1. The van der Waals surface area contributed by atoms with Crippen LogP contribution in [0.5, 0.6) is 0 Å². The van der Waals surface area contributed by atoms with Gasteiger partial charge >= 0.3 is 5.97 Å². The Labute approximate surface area is 161 Å². The number of nitrogens with two attached hydrogens (primary N) is 1. The number of hydrogen-bond donors (Lipinski definition) is 4. The molecule has 2 amide bonds. The van der Waals surface area contributed by atoms with Crippen LogP contribution in [0, 0.1) is 5.92 Å². The zero-order valence-electron chi connectivity index (χ0n) is 14.9. The molecular weight excluding hydrogens is 372 g/mol. The molecule has 27 heavy (non-hydrogen) atoms. The third-order valence-electron chi connectivity index (χ3n) is 4.92. The molecule has 0 bridgehead atoms. The van der Waals surface area contributed by atoms with Crippen molar-refractivity contribution in [1.29, 1.82) is 0 Å². The number of H-pyrrole nitrogens is 1. The maximum absolute atomic E-state index is 12.6. The lowest BCUT2D eigenvalue weighted by Crippen LogP contribution is -3.14. The molecule has 8 nitrogen and oxygen atoms in total. The minimum atomic E-state index is -0.577. The molecule has 144 valence electrons. The molecule has 5 N–H and O–H groups in total. The zero-order valence-corrected chi connectivity index (χ0v) is 15.7. The first-order valence-electron chi connectivity index (χ1n) is 8.71. The molecule has 0 unspecified atom stereocenters. The molecule has 1 aromatic carbocycles. The number of piperidine rings is 1. The van der Waals surface area contributed by atoms with Gasteiger partial charge in [-0.25, -0.2) is 4.79 Å². The van der Waals surface area contributed by atoms with Crippen LogP contribution >= 0.6 is 11.6 Å². The van der Waals surface area contributed by atoms with E-state index in [0.29, 0.717) is 47.5 Å². The van der Waals surface area contributed by atoms with Crippen LogP contribution < -0.4 is 16.0 Å². The van der Waals surface area contributed by atoms with E-state index in [4.69, 9.17) is 22.1 Å². The molecular formula is C18H22ClN4O4+. The second-order valence-electron chi connectivity index (χ2n) is 6.71. The van der Waals surface area contributed by atoms with Crippen LogP contribution in [-0.4, -0.2) is 49.5 Å². The summed E-state index contributed by atoms with van der Waals surface area (Å²) in [7, 11) is 1.28. The summed E-state index contributed by atoms with van der Waals surface area (Å²) >= 11 is 6.06. The Balaban J connectivity index is 1.75. The number of amides is 2. The molecule has 0 spiro atoms. The van der Waals surface area contributed by atoms with Gasteiger partial charge < -0.3 is 25.7 Å². The van der Waals surface area contributed by atoms with Crippen molar-refractivity contribution >= 4 is 46.0 Å². The van der Waals surface area contributed by atoms with E-state index in [9.17, 15) is 14.4 Å². The van der Waals surface area contributed by atoms with Gasteiger partial charge in [0.1, 0.15) is 5.69 Å². The average Bonchev–Trinajstić information content (AvgIpc) is 2.99. The van der Waals surface area contributed by atoms with E-state index in [1.54, 1.807) is 18.2 Å². The summed E-state index contributed by atoms with van der Waals surface area (Å²) in [4.78, 5) is 39.9. The third-order valence-corrected chi connectivity index (χ3v) is 5.16. The van der Waals surface area contributed by atoms with Gasteiger partial charge in [-0.3, -0.25) is 9.59 Å². The van der Waals surface area contributed by atoms with E-state index >= 15 is 0 Å². The van der Waals surface area contributed by atoms with Crippen LogP contribution in [-0.2, 0) is 14.3 Å². The predicted octanol–water partition coefficient (Wildman–Crippen LogP) is 0.327. The number of ether oxygens (including phenoxy) is 1. The van der Waals surface area contributed by atoms with Crippen molar-refractivity contribution in [3.05, 3.63) is 28.9 Å². The zero-order chi connectivity index (χ0) is 19.6. The summed E-state index contributed by atoms with van der Waals surface area (Å²) in [6.07, 6.45) is 1.35. The molecule has 0 saturated carbocycles. The monoisotopic (exact) mass is 393 g/mol. The van der Waals surface area contributed by atoms with E-state index < -0.39 is 5.97 Å². The number of anilines is 1. The predicted molar refractivity (Wildman–Crippen MR) is 101 cm³/mol. The normalized spacial score (nSPS) is 19.6. The molecule has 0 aliphatic carbocycles. The van der Waals surface area contributed by atoms with Crippen LogP contribution in [0.15, 0.2) is 18.2 Å². The van der Waals surface area contributed by atoms with Gasteiger partial charge in [0.15, 0.2) is 6.54 Å². The fourth-order valence-corrected chi connectivity index (χ4v) is 3.62. The number of esters is 1. The lowest BCUT2D eigenvalue weighted by Gasteiger charge is -2.27. The third kappa shape index (κ3) is 4.23. The van der Waals surface area contributed by atoms with Gasteiger partial charge in [-0.05, 0) is 18.2 Å². The lowest BCUT2D eigenvalue weighted by molar-refractivity contribution is -0.897. The highest BCUT2D eigenvalue weighted by atomic mass is 35.5. The van der Waals surface area contributed by atoms with Gasteiger partial charge in [-0.1, -0.05) is 11.6 Å². The van der Waals surface area contributed by atoms with Crippen molar-refractivity contribution in [3.8, 4) is 0 Å². The first-order valence-corrected chi connectivity index (χ1v) is 9.09. The summed E-state index contributed by atoms with van der Waals surface area (Å²) in [5.74, 6) is -1.20. The molecule has 2 heterocycles. The van der Waals surface area contributed by atoms with Crippen molar-refractivity contribution in [2.75, 3.05) is 32.1 Å². The second-order valence-corrected chi connectivity index (χ2v) is 7.14. The van der Waals surface area contributed by atoms with Crippen molar-refractivity contribution in [3.63, 3.8) is 0 Å². The van der Waals surface area contributed by atoms with Crippen molar-refractivity contribution < 1.29 is 24.0 Å². The Hall–Kier alpha value is -2.58. The standard InChI is InChI=1S/C18H21ClN4O4/c1-27-18(26)16-15(12-8-11(19)2-3-13(12)21-16)22-14(24)9-23-6-4-10(5-7-23)17(20)25/h2-3,8,10,21H,4-7,9H2,1H3,(H2,20,25)(H,22,24)/p+1. The first kappa shape index (κ1) is 19.2. The minimum Gasteiger partial charge on any atom is -0.464 e. The highest BCUT2D eigenvalue weighted by Crippen LogP contribution is 2.30. The van der Waals surface area contributed by atoms with E-state index in [1.165, 1.54) is 7.11 Å². The average molecular weight is 394 g/mol. The molecule has 9 heteroatoms. The van der Waals surface area contributed by atoms with Crippen molar-refractivity contribution in [1.82, 2.24) is 4.98 Å². The number of carbonyl (C=O) groups is 3. The van der Waals surface area contributed by atoms with Crippen LogP contribution in [0.2, 0.25) is 5.02 Å². The number of aromatic amines is 1. The Morgan fingerprint density at radius 2 is 2.04 bits per heavy atom. The molecule has 3 rings (SSSR count). The Kier molecular flexibility index (Phi) is 5.67. The van der Waals surface area contributed by atoms with Gasteiger partial charge in [-0.2, -0.15) is 0 Å². The smallest absolute Gasteiger partial charge is 0.356 e. The number of carbonyl (C=O) groups excluding carboxylic acids is 3.